The van der Waals surface area contributed by atoms with E-state index in [1.165, 1.54) is 6.42 Å². The molecule has 3 heteroatoms. The summed E-state index contributed by atoms with van der Waals surface area (Å²) < 4.78 is 5.56. The zero-order valence-corrected chi connectivity index (χ0v) is 11.5. The Labute approximate surface area is 109 Å². The minimum atomic E-state index is 0.631. The summed E-state index contributed by atoms with van der Waals surface area (Å²) >= 11 is 5.89. The van der Waals surface area contributed by atoms with Gasteiger partial charge in [-0.05, 0) is 36.6 Å². The number of benzene rings is 1. The number of rotatable bonds is 8. The highest BCUT2D eigenvalue weighted by atomic mass is 35.5. The van der Waals surface area contributed by atoms with Gasteiger partial charge in [0.05, 0.1) is 13.2 Å². The molecule has 1 aromatic rings. The first-order chi connectivity index (χ1) is 8.18. The Kier molecular flexibility index (Phi) is 7.25. The Hall–Kier alpha value is -0.570. The molecule has 0 bridgehead atoms. The molecule has 0 saturated carbocycles. The van der Waals surface area contributed by atoms with Crippen molar-refractivity contribution in [2.45, 2.75) is 26.9 Å². The molecule has 0 fully saturated rings. The minimum absolute atomic E-state index is 0.631. The maximum atomic E-state index is 5.89. The Bertz CT molecular complexity index is 315. The zero-order valence-electron chi connectivity index (χ0n) is 10.7. The molecule has 0 aliphatic heterocycles. The van der Waals surface area contributed by atoms with Crippen LogP contribution in [-0.4, -0.2) is 19.7 Å². The topological polar surface area (TPSA) is 21.3 Å². The number of ether oxygens (including phenoxy) is 1. The molecule has 0 atom stereocenters. The van der Waals surface area contributed by atoms with E-state index in [-0.39, 0.29) is 0 Å². The Morgan fingerprint density at radius 3 is 2.82 bits per heavy atom. The fourth-order valence-electron chi connectivity index (χ4n) is 1.48. The van der Waals surface area contributed by atoms with Gasteiger partial charge in [-0.2, -0.15) is 0 Å². The molecule has 0 aliphatic carbocycles. The fraction of sp³-hybridized carbons (Fsp3) is 0.571. The van der Waals surface area contributed by atoms with Gasteiger partial charge in [0.1, 0.15) is 0 Å². The largest absolute Gasteiger partial charge is 0.375 e. The fourth-order valence-corrected chi connectivity index (χ4v) is 1.69. The standard InChI is InChI=1S/C14H22ClNO/c1-12(2)6-7-16-8-9-17-11-13-4-3-5-14(15)10-13/h3-5,10,12,16H,6-9,11H2,1-2H3. The minimum Gasteiger partial charge on any atom is -0.375 e. The van der Waals surface area contributed by atoms with Crippen molar-refractivity contribution in [1.29, 1.82) is 0 Å². The third kappa shape index (κ3) is 7.37. The van der Waals surface area contributed by atoms with Gasteiger partial charge >= 0.3 is 0 Å². The summed E-state index contributed by atoms with van der Waals surface area (Å²) in [7, 11) is 0. The second-order valence-electron chi connectivity index (χ2n) is 4.62. The molecule has 96 valence electrons. The summed E-state index contributed by atoms with van der Waals surface area (Å²) in [5.74, 6) is 0.759. The van der Waals surface area contributed by atoms with Gasteiger partial charge < -0.3 is 10.1 Å². The lowest BCUT2D eigenvalue weighted by molar-refractivity contribution is 0.122. The second-order valence-corrected chi connectivity index (χ2v) is 5.05. The van der Waals surface area contributed by atoms with Crippen molar-refractivity contribution < 1.29 is 4.74 Å². The SMILES string of the molecule is CC(C)CCNCCOCc1cccc(Cl)c1. The number of halogens is 1. The normalized spacial score (nSPS) is 11.1. The van der Waals surface area contributed by atoms with Crippen LogP contribution in [0.25, 0.3) is 0 Å². The van der Waals surface area contributed by atoms with Gasteiger partial charge in [0.15, 0.2) is 0 Å². The Morgan fingerprint density at radius 2 is 2.12 bits per heavy atom. The molecule has 1 aromatic carbocycles. The molecule has 0 radical (unpaired) electrons. The van der Waals surface area contributed by atoms with Gasteiger partial charge in [0.25, 0.3) is 0 Å². The van der Waals surface area contributed by atoms with Gasteiger partial charge in [-0.25, -0.2) is 0 Å². The second kappa shape index (κ2) is 8.51. The lowest BCUT2D eigenvalue weighted by Crippen LogP contribution is -2.21. The van der Waals surface area contributed by atoms with Gasteiger partial charge in [-0.1, -0.05) is 37.6 Å². The third-order valence-corrected chi connectivity index (χ3v) is 2.71. The summed E-state index contributed by atoms with van der Waals surface area (Å²) in [6.07, 6.45) is 1.22. The highest BCUT2D eigenvalue weighted by molar-refractivity contribution is 6.30. The molecule has 0 aliphatic rings. The summed E-state index contributed by atoms with van der Waals surface area (Å²) in [6, 6.07) is 7.78. The molecule has 1 rings (SSSR count). The quantitative estimate of drug-likeness (QED) is 0.718. The average molecular weight is 256 g/mol. The van der Waals surface area contributed by atoms with E-state index >= 15 is 0 Å². The van der Waals surface area contributed by atoms with E-state index in [4.69, 9.17) is 16.3 Å². The summed E-state index contributed by atoms with van der Waals surface area (Å²) in [6.45, 7) is 7.82. The van der Waals surface area contributed by atoms with Gasteiger partial charge in [0, 0.05) is 11.6 Å². The molecular formula is C14H22ClNO. The Balaban J connectivity index is 2.01. The molecule has 0 saturated heterocycles. The molecule has 0 aromatic heterocycles. The predicted octanol–water partition coefficient (Wildman–Crippen LogP) is 3.49. The number of hydrogen-bond acceptors (Lipinski definition) is 2. The van der Waals surface area contributed by atoms with Crippen LogP contribution in [0.4, 0.5) is 0 Å². The van der Waals surface area contributed by atoms with Crippen LogP contribution in [0.3, 0.4) is 0 Å². The van der Waals surface area contributed by atoms with Crippen LogP contribution in [0.15, 0.2) is 24.3 Å². The summed E-state index contributed by atoms with van der Waals surface area (Å²) in [5, 5.41) is 4.13. The number of nitrogens with one attached hydrogen (secondary N) is 1. The molecular weight excluding hydrogens is 234 g/mol. The van der Waals surface area contributed by atoms with Crippen molar-refractivity contribution in [3.05, 3.63) is 34.9 Å². The lowest BCUT2D eigenvalue weighted by atomic mass is 10.1. The van der Waals surface area contributed by atoms with Crippen LogP contribution in [0.1, 0.15) is 25.8 Å². The maximum Gasteiger partial charge on any atom is 0.0718 e. The smallest absolute Gasteiger partial charge is 0.0718 e. The van der Waals surface area contributed by atoms with Crippen LogP contribution in [0, 0.1) is 5.92 Å². The zero-order chi connectivity index (χ0) is 12.5. The molecule has 2 nitrogen and oxygen atoms in total. The molecule has 0 spiro atoms. The first kappa shape index (κ1) is 14.5. The number of hydrogen-bond donors (Lipinski definition) is 1. The average Bonchev–Trinajstić information content (AvgIpc) is 2.27. The van der Waals surface area contributed by atoms with Crippen LogP contribution < -0.4 is 5.32 Å². The molecule has 0 heterocycles. The molecule has 1 N–H and O–H groups in total. The summed E-state index contributed by atoms with van der Waals surface area (Å²) in [5.41, 5.74) is 1.12. The van der Waals surface area contributed by atoms with Crippen molar-refractivity contribution in [3.8, 4) is 0 Å². The van der Waals surface area contributed by atoms with E-state index in [0.29, 0.717) is 6.61 Å². The van der Waals surface area contributed by atoms with Crippen molar-refractivity contribution >= 4 is 11.6 Å². The third-order valence-electron chi connectivity index (χ3n) is 2.48. The molecule has 17 heavy (non-hydrogen) atoms. The van der Waals surface area contributed by atoms with Gasteiger partial charge in [-0.15, -0.1) is 0 Å². The first-order valence-electron chi connectivity index (χ1n) is 6.21. The van der Waals surface area contributed by atoms with E-state index in [9.17, 15) is 0 Å². The highest BCUT2D eigenvalue weighted by Gasteiger charge is 1.95. The van der Waals surface area contributed by atoms with Crippen LogP contribution in [0.5, 0.6) is 0 Å². The van der Waals surface area contributed by atoms with E-state index in [1.807, 2.05) is 24.3 Å². The maximum absolute atomic E-state index is 5.89. The molecule has 0 unspecified atom stereocenters. The molecule has 0 amide bonds. The van der Waals surface area contributed by atoms with E-state index in [0.717, 1.165) is 36.2 Å². The Morgan fingerprint density at radius 1 is 1.29 bits per heavy atom. The van der Waals surface area contributed by atoms with Gasteiger partial charge in [0.2, 0.25) is 0 Å². The van der Waals surface area contributed by atoms with Gasteiger partial charge in [-0.3, -0.25) is 0 Å². The predicted molar refractivity (Wildman–Crippen MR) is 73.4 cm³/mol. The summed E-state index contributed by atoms with van der Waals surface area (Å²) in [4.78, 5) is 0. The highest BCUT2D eigenvalue weighted by Crippen LogP contribution is 2.11. The van der Waals surface area contributed by atoms with Crippen molar-refractivity contribution in [3.63, 3.8) is 0 Å². The van der Waals surface area contributed by atoms with Crippen molar-refractivity contribution in [2.75, 3.05) is 19.7 Å². The monoisotopic (exact) mass is 255 g/mol. The van der Waals surface area contributed by atoms with Crippen molar-refractivity contribution in [1.82, 2.24) is 5.32 Å². The van der Waals surface area contributed by atoms with Crippen LogP contribution >= 0.6 is 11.6 Å². The lowest BCUT2D eigenvalue weighted by Gasteiger charge is -2.08. The van der Waals surface area contributed by atoms with E-state index < -0.39 is 0 Å². The van der Waals surface area contributed by atoms with Crippen molar-refractivity contribution in [2.24, 2.45) is 5.92 Å². The first-order valence-corrected chi connectivity index (χ1v) is 6.59. The van der Waals surface area contributed by atoms with E-state index in [2.05, 4.69) is 19.2 Å². The van der Waals surface area contributed by atoms with Crippen LogP contribution in [0.2, 0.25) is 5.02 Å². The van der Waals surface area contributed by atoms with Crippen LogP contribution in [-0.2, 0) is 11.3 Å². The van der Waals surface area contributed by atoms with E-state index in [1.54, 1.807) is 0 Å².